The van der Waals surface area contributed by atoms with Crippen molar-refractivity contribution < 1.29 is 13.9 Å². The fraction of sp³-hybridized carbons (Fsp3) is 0.333. The first-order valence-corrected chi connectivity index (χ1v) is 7.07. The summed E-state index contributed by atoms with van der Waals surface area (Å²) in [6.45, 7) is 5.79. The molecule has 0 heterocycles. The highest BCUT2D eigenvalue weighted by atomic mass is 19.1. The summed E-state index contributed by atoms with van der Waals surface area (Å²) in [7, 11) is 0. The fourth-order valence-corrected chi connectivity index (χ4v) is 2.47. The topological polar surface area (TPSA) is 20.2 Å². The minimum atomic E-state index is -1.43. The van der Waals surface area contributed by atoms with Gasteiger partial charge in [-0.25, -0.2) is 8.78 Å². The van der Waals surface area contributed by atoms with Crippen LogP contribution in [0.15, 0.2) is 42.5 Å². The molecule has 21 heavy (non-hydrogen) atoms. The maximum atomic E-state index is 13.4. The van der Waals surface area contributed by atoms with Crippen molar-refractivity contribution in [3.8, 4) is 0 Å². The van der Waals surface area contributed by atoms with E-state index in [1.165, 1.54) is 0 Å². The predicted molar refractivity (Wildman–Crippen MR) is 80.0 cm³/mol. The van der Waals surface area contributed by atoms with E-state index in [1.807, 2.05) is 18.2 Å². The Morgan fingerprint density at radius 2 is 1.62 bits per heavy atom. The molecular weight excluding hydrogens is 270 g/mol. The van der Waals surface area contributed by atoms with Gasteiger partial charge >= 0.3 is 0 Å². The number of rotatable bonds is 4. The Hall–Kier alpha value is -1.74. The van der Waals surface area contributed by atoms with E-state index < -0.39 is 17.2 Å². The third-order valence-corrected chi connectivity index (χ3v) is 3.56. The fourth-order valence-electron chi connectivity index (χ4n) is 2.47. The average molecular weight is 290 g/mol. The quantitative estimate of drug-likeness (QED) is 0.883. The summed E-state index contributed by atoms with van der Waals surface area (Å²) in [5.41, 5.74) is 0.502. The molecule has 0 fully saturated rings. The van der Waals surface area contributed by atoms with Crippen LogP contribution in [0.3, 0.4) is 0 Å². The van der Waals surface area contributed by atoms with Crippen LogP contribution in [-0.4, -0.2) is 5.11 Å². The van der Waals surface area contributed by atoms with E-state index >= 15 is 0 Å². The van der Waals surface area contributed by atoms with E-state index in [4.69, 9.17) is 0 Å². The SMILES string of the molecule is CC(C)Cc1cccc(C(C)(O)c2cc(F)cc(F)c2)c1. The molecule has 0 aliphatic carbocycles. The Bertz CT molecular complexity index is 613. The Morgan fingerprint density at radius 1 is 1.00 bits per heavy atom. The number of halogens is 2. The van der Waals surface area contributed by atoms with Gasteiger partial charge in [-0.05, 0) is 48.1 Å². The van der Waals surface area contributed by atoms with Crippen molar-refractivity contribution in [1.82, 2.24) is 0 Å². The van der Waals surface area contributed by atoms with Crippen LogP contribution in [0.2, 0.25) is 0 Å². The second-order valence-electron chi connectivity index (χ2n) is 6.03. The highest BCUT2D eigenvalue weighted by Gasteiger charge is 2.27. The lowest BCUT2D eigenvalue weighted by molar-refractivity contribution is 0.101. The second-order valence-corrected chi connectivity index (χ2v) is 6.03. The zero-order valence-electron chi connectivity index (χ0n) is 12.5. The number of hydrogen-bond acceptors (Lipinski definition) is 1. The first kappa shape index (κ1) is 15.6. The van der Waals surface area contributed by atoms with Crippen LogP contribution in [0, 0.1) is 17.6 Å². The Kier molecular flexibility index (Phi) is 4.43. The largest absolute Gasteiger partial charge is 0.381 e. The molecule has 0 aliphatic heterocycles. The van der Waals surface area contributed by atoms with Crippen molar-refractivity contribution in [2.24, 2.45) is 5.92 Å². The molecule has 0 radical (unpaired) electrons. The van der Waals surface area contributed by atoms with Crippen molar-refractivity contribution in [1.29, 1.82) is 0 Å². The van der Waals surface area contributed by atoms with Gasteiger partial charge in [0.05, 0.1) is 0 Å². The molecule has 0 saturated heterocycles. The molecule has 1 N–H and O–H groups in total. The van der Waals surface area contributed by atoms with Gasteiger partial charge in [0, 0.05) is 6.07 Å². The van der Waals surface area contributed by atoms with Gasteiger partial charge in [-0.1, -0.05) is 38.1 Å². The first-order chi connectivity index (χ1) is 9.79. The molecule has 2 aromatic carbocycles. The van der Waals surface area contributed by atoms with Crippen LogP contribution in [0.4, 0.5) is 8.78 Å². The van der Waals surface area contributed by atoms with Gasteiger partial charge in [0.2, 0.25) is 0 Å². The minimum absolute atomic E-state index is 0.210. The summed E-state index contributed by atoms with van der Waals surface area (Å²) in [5, 5.41) is 10.7. The summed E-state index contributed by atoms with van der Waals surface area (Å²) in [6.07, 6.45) is 0.890. The number of aliphatic hydroxyl groups is 1. The Morgan fingerprint density at radius 3 is 2.19 bits per heavy atom. The zero-order valence-corrected chi connectivity index (χ0v) is 12.5. The molecule has 0 aromatic heterocycles. The molecule has 0 saturated carbocycles. The average Bonchev–Trinajstić information content (AvgIpc) is 2.37. The smallest absolute Gasteiger partial charge is 0.126 e. The molecule has 2 aromatic rings. The summed E-state index contributed by atoms with van der Waals surface area (Å²) < 4.78 is 26.7. The third-order valence-electron chi connectivity index (χ3n) is 3.56. The molecule has 0 aliphatic rings. The van der Waals surface area contributed by atoms with Gasteiger partial charge in [0.25, 0.3) is 0 Å². The lowest BCUT2D eigenvalue weighted by Gasteiger charge is -2.25. The van der Waals surface area contributed by atoms with Crippen LogP contribution < -0.4 is 0 Å². The van der Waals surface area contributed by atoms with Crippen molar-refractivity contribution in [3.63, 3.8) is 0 Å². The van der Waals surface area contributed by atoms with Gasteiger partial charge in [0.1, 0.15) is 17.2 Å². The molecule has 2 rings (SSSR count). The third kappa shape index (κ3) is 3.67. The second kappa shape index (κ2) is 5.94. The standard InChI is InChI=1S/C18H20F2O/c1-12(2)7-13-5-4-6-14(8-13)18(3,21)15-9-16(19)11-17(20)10-15/h4-6,8-12,21H,7H2,1-3H3. The summed E-state index contributed by atoms with van der Waals surface area (Å²) in [4.78, 5) is 0. The van der Waals surface area contributed by atoms with E-state index in [0.29, 0.717) is 11.5 Å². The molecule has 1 atom stereocenters. The first-order valence-electron chi connectivity index (χ1n) is 7.07. The van der Waals surface area contributed by atoms with Crippen molar-refractivity contribution in [2.45, 2.75) is 32.8 Å². The van der Waals surface area contributed by atoms with Gasteiger partial charge < -0.3 is 5.11 Å². The van der Waals surface area contributed by atoms with Crippen molar-refractivity contribution in [2.75, 3.05) is 0 Å². The van der Waals surface area contributed by atoms with E-state index in [-0.39, 0.29) is 5.56 Å². The van der Waals surface area contributed by atoms with Crippen LogP contribution in [-0.2, 0) is 12.0 Å². The molecule has 0 spiro atoms. The van der Waals surface area contributed by atoms with Crippen LogP contribution >= 0.6 is 0 Å². The molecule has 1 unspecified atom stereocenters. The normalized spacial score (nSPS) is 14.2. The maximum absolute atomic E-state index is 13.4. The van der Waals surface area contributed by atoms with Gasteiger partial charge in [-0.15, -0.1) is 0 Å². The monoisotopic (exact) mass is 290 g/mol. The molecule has 0 bridgehead atoms. The molecule has 3 heteroatoms. The van der Waals surface area contributed by atoms with Gasteiger partial charge in [-0.3, -0.25) is 0 Å². The highest BCUT2D eigenvalue weighted by molar-refractivity contribution is 5.37. The highest BCUT2D eigenvalue weighted by Crippen LogP contribution is 2.31. The summed E-state index contributed by atoms with van der Waals surface area (Å²) in [5.74, 6) is -0.885. The van der Waals surface area contributed by atoms with Crippen LogP contribution in [0.25, 0.3) is 0 Å². The van der Waals surface area contributed by atoms with Gasteiger partial charge in [0.15, 0.2) is 0 Å². The van der Waals surface area contributed by atoms with E-state index in [2.05, 4.69) is 13.8 Å². The van der Waals surface area contributed by atoms with Crippen molar-refractivity contribution >= 4 is 0 Å². The summed E-state index contributed by atoms with van der Waals surface area (Å²) in [6, 6.07) is 10.6. The lowest BCUT2D eigenvalue weighted by Crippen LogP contribution is -2.23. The molecule has 1 nitrogen and oxygen atoms in total. The number of hydrogen-bond donors (Lipinski definition) is 1. The van der Waals surface area contributed by atoms with Crippen LogP contribution in [0.5, 0.6) is 0 Å². The van der Waals surface area contributed by atoms with Crippen molar-refractivity contribution in [3.05, 3.63) is 70.8 Å². The molecule has 112 valence electrons. The predicted octanol–water partition coefficient (Wildman–Crippen LogP) is 4.42. The maximum Gasteiger partial charge on any atom is 0.126 e. The Balaban J connectivity index is 2.43. The van der Waals surface area contributed by atoms with Crippen LogP contribution in [0.1, 0.15) is 37.5 Å². The molecular formula is C18H20F2O. The number of benzene rings is 2. The Labute approximate surface area is 124 Å². The summed E-state index contributed by atoms with van der Waals surface area (Å²) >= 11 is 0. The molecule has 0 amide bonds. The van der Waals surface area contributed by atoms with E-state index in [1.54, 1.807) is 13.0 Å². The van der Waals surface area contributed by atoms with E-state index in [9.17, 15) is 13.9 Å². The van der Waals surface area contributed by atoms with E-state index in [0.717, 1.165) is 30.2 Å². The zero-order chi connectivity index (χ0) is 15.6. The lowest BCUT2D eigenvalue weighted by atomic mass is 9.86. The minimum Gasteiger partial charge on any atom is -0.381 e. The van der Waals surface area contributed by atoms with Gasteiger partial charge in [-0.2, -0.15) is 0 Å².